The van der Waals surface area contributed by atoms with Crippen LogP contribution in [0.15, 0.2) is 11.1 Å². The second-order valence-electron chi connectivity index (χ2n) is 4.40. The van der Waals surface area contributed by atoms with Crippen molar-refractivity contribution in [1.82, 2.24) is 0 Å². The molecular formula is C10H20O2Si. The van der Waals surface area contributed by atoms with Gasteiger partial charge in [-0.3, -0.25) is 0 Å². The molecule has 0 amide bonds. The van der Waals surface area contributed by atoms with Gasteiger partial charge >= 0.3 is 0 Å². The molecule has 0 saturated carbocycles. The Morgan fingerprint density at radius 3 is 2.62 bits per heavy atom. The van der Waals surface area contributed by atoms with E-state index in [4.69, 9.17) is 9.47 Å². The lowest BCUT2D eigenvalue weighted by Crippen LogP contribution is -2.29. The SMILES string of the molecule is CCOC1=C([Si](C)(C)C)CCCO1. The molecule has 1 aliphatic rings. The molecule has 0 aromatic carbocycles. The maximum Gasteiger partial charge on any atom is 0.274 e. The van der Waals surface area contributed by atoms with Gasteiger partial charge in [0.05, 0.1) is 21.3 Å². The molecule has 0 bridgehead atoms. The highest BCUT2D eigenvalue weighted by molar-refractivity contribution is 6.83. The average Bonchev–Trinajstić information content (AvgIpc) is 2.04. The standard InChI is InChI=1S/C10H20O2Si/c1-5-11-10-9(13(2,3)4)7-6-8-12-10/h5-8H2,1-4H3. The number of rotatable bonds is 3. The predicted octanol–water partition coefficient (Wildman–Crippen LogP) is 2.92. The number of hydrogen-bond donors (Lipinski definition) is 0. The Bertz CT molecular complexity index is 203. The van der Waals surface area contributed by atoms with E-state index in [-0.39, 0.29) is 0 Å². The fourth-order valence-electron chi connectivity index (χ4n) is 1.54. The van der Waals surface area contributed by atoms with E-state index < -0.39 is 8.07 Å². The van der Waals surface area contributed by atoms with Crippen LogP contribution in [0.5, 0.6) is 0 Å². The van der Waals surface area contributed by atoms with Gasteiger partial charge in [0.15, 0.2) is 0 Å². The zero-order chi connectivity index (χ0) is 9.90. The molecule has 0 aromatic rings. The lowest BCUT2D eigenvalue weighted by molar-refractivity contribution is 0.0277. The Labute approximate surface area is 81.9 Å². The molecule has 0 aromatic heterocycles. The molecule has 0 aliphatic carbocycles. The molecule has 2 nitrogen and oxygen atoms in total. The average molecular weight is 200 g/mol. The molecule has 1 aliphatic heterocycles. The van der Waals surface area contributed by atoms with Crippen molar-refractivity contribution in [1.29, 1.82) is 0 Å². The van der Waals surface area contributed by atoms with Gasteiger partial charge in [0.2, 0.25) is 0 Å². The first-order chi connectivity index (χ1) is 6.05. The maximum absolute atomic E-state index is 5.55. The molecule has 76 valence electrons. The van der Waals surface area contributed by atoms with E-state index >= 15 is 0 Å². The normalized spacial score (nSPS) is 18.5. The first kappa shape index (κ1) is 10.6. The van der Waals surface area contributed by atoms with Crippen LogP contribution in [0.4, 0.5) is 0 Å². The van der Waals surface area contributed by atoms with E-state index in [1.807, 2.05) is 6.92 Å². The van der Waals surface area contributed by atoms with Crippen LogP contribution < -0.4 is 0 Å². The Morgan fingerprint density at radius 1 is 1.38 bits per heavy atom. The Hall–Kier alpha value is -0.443. The molecule has 0 N–H and O–H groups in total. The molecular weight excluding hydrogens is 180 g/mol. The van der Waals surface area contributed by atoms with Crippen molar-refractivity contribution in [3.05, 3.63) is 11.1 Å². The van der Waals surface area contributed by atoms with Gasteiger partial charge in [-0.15, -0.1) is 0 Å². The molecule has 0 atom stereocenters. The highest BCUT2D eigenvalue weighted by Gasteiger charge is 2.27. The van der Waals surface area contributed by atoms with Crippen LogP contribution in [0.3, 0.4) is 0 Å². The summed E-state index contributed by atoms with van der Waals surface area (Å²) < 4.78 is 11.1. The molecule has 0 unspecified atom stereocenters. The minimum Gasteiger partial charge on any atom is -0.466 e. The molecule has 3 heteroatoms. The van der Waals surface area contributed by atoms with Crippen LogP contribution in [0.2, 0.25) is 19.6 Å². The summed E-state index contributed by atoms with van der Waals surface area (Å²) in [4.78, 5) is 0. The van der Waals surface area contributed by atoms with E-state index in [1.165, 1.54) is 11.6 Å². The maximum atomic E-state index is 5.55. The smallest absolute Gasteiger partial charge is 0.274 e. The highest BCUT2D eigenvalue weighted by Crippen LogP contribution is 2.28. The van der Waals surface area contributed by atoms with Gasteiger partial charge in [0.25, 0.3) is 5.95 Å². The second-order valence-corrected chi connectivity index (χ2v) is 9.50. The summed E-state index contributed by atoms with van der Waals surface area (Å²) in [5.74, 6) is 0.841. The summed E-state index contributed by atoms with van der Waals surface area (Å²) in [6, 6.07) is 0. The van der Waals surface area contributed by atoms with Crippen molar-refractivity contribution in [3.63, 3.8) is 0 Å². The van der Waals surface area contributed by atoms with Crippen LogP contribution in [-0.4, -0.2) is 21.3 Å². The zero-order valence-electron chi connectivity index (χ0n) is 9.14. The van der Waals surface area contributed by atoms with E-state index in [0.717, 1.165) is 19.0 Å². The topological polar surface area (TPSA) is 18.5 Å². The second kappa shape index (κ2) is 4.18. The third-order valence-electron chi connectivity index (χ3n) is 2.23. The number of allylic oxidation sites excluding steroid dienone is 1. The summed E-state index contributed by atoms with van der Waals surface area (Å²) in [6.07, 6.45) is 2.32. The van der Waals surface area contributed by atoms with Crippen LogP contribution in [0.1, 0.15) is 19.8 Å². The number of ether oxygens (including phenoxy) is 2. The first-order valence-electron chi connectivity index (χ1n) is 5.05. The Kier molecular flexibility index (Phi) is 3.42. The van der Waals surface area contributed by atoms with Crippen molar-refractivity contribution in [3.8, 4) is 0 Å². The minimum atomic E-state index is -1.23. The lowest BCUT2D eigenvalue weighted by atomic mass is 10.3. The lowest BCUT2D eigenvalue weighted by Gasteiger charge is -2.27. The van der Waals surface area contributed by atoms with E-state index in [1.54, 1.807) is 0 Å². The molecule has 0 fully saturated rings. The third-order valence-corrected chi connectivity index (χ3v) is 4.50. The summed E-state index contributed by atoms with van der Waals surface area (Å²) in [7, 11) is -1.23. The summed E-state index contributed by atoms with van der Waals surface area (Å²) >= 11 is 0. The zero-order valence-corrected chi connectivity index (χ0v) is 10.1. The van der Waals surface area contributed by atoms with Gasteiger partial charge in [-0.25, -0.2) is 0 Å². The van der Waals surface area contributed by atoms with E-state index in [9.17, 15) is 0 Å². The van der Waals surface area contributed by atoms with Gasteiger partial charge < -0.3 is 9.47 Å². The summed E-state index contributed by atoms with van der Waals surface area (Å²) in [5, 5.41) is 1.46. The molecule has 1 rings (SSSR count). The largest absolute Gasteiger partial charge is 0.466 e. The fourth-order valence-corrected chi connectivity index (χ4v) is 3.23. The van der Waals surface area contributed by atoms with Crippen molar-refractivity contribution >= 4 is 8.07 Å². The Balaban J connectivity index is 2.83. The highest BCUT2D eigenvalue weighted by atomic mass is 28.3. The summed E-state index contributed by atoms with van der Waals surface area (Å²) in [6.45, 7) is 10.6. The number of hydrogen-bond acceptors (Lipinski definition) is 2. The van der Waals surface area contributed by atoms with E-state index in [2.05, 4.69) is 19.6 Å². The molecule has 0 spiro atoms. The van der Waals surface area contributed by atoms with Crippen LogP contribution in [-0.2, 0) is 9.47 Å². The van der Waals surface area contributed by atoms with Crippen molar-refractivity contribution in [2.45, 2.75) is 39.4 Å². The van der Waals surface area contributed by atoms with Crippen LogP contribution in [0, 0.1) is 0 Å². The molecule has 0 radical (unpaired) electrons. The molecule has 13 heavy (non-hydrogen) atoms. The van der Waals surface area contributed by atoms with Crippen LogP contribution >= 0.6 is 0 Å². The summed E-state index contributed by atoms with van der Waals surface area (Å²) in [5.41, 5.74) is 0. The van der Waals surface area contributed by atoms with Crippen LogP contribution in [0.25, 0.3) is 0 Å². The minimum absolute atomic E-state index is 0.712. The quantitative estimate of drug-likeness (QED) is 0.652. The molecule has 0 saturated heterocycles. The van der Waals surface area contributed by atoms with Gasteiger partial charge in [-0.1, -0.05) is 19.6 Å². The molecule has 1 heterocycles. The third kappa shape index (κ3) is 2.76. The predicted molar refractivity (Wildman–Crippen MR) is 57.2 cm³/mol. The van der Waals surface area contributed by atoms with Gasteiger partial charge in [-0.2, -0.15) is 0 Å². The van der Waals surface area contributed by atoms with E-state index in [0.29, 0.717) is 6.61 Å². The monoisotopic (exact) mass is 200 g/mol. The van der Waals surface area contributed by atoms with Crippen molar-refractivity contribution < 1.29 is 9.47 Å². The van der Waals surface area contributed by atoms with Crippen molar-refractivity contribution in [2.24, 2.45) is 0 Å². The fraction of sp³-hybridized carbons (Fsp3) is 0.800. The Morgan fingerprint density at radius 2 is 2.08 bits per heavy atom. The first-order valence-corrected chi connectivity index (χ1v) is 8.55. The van der Waals surface area contributed by atoms with Gasteiger partial charge in [0.1, 0.15) is 0 Å². The van der Waals surface area contributed by atoms with Gasteiger partial charge in [-0.05, 0) is 25.0 Å². The van der Waals surface area contributed by atoms with Gasteiger partial charge in [0, 0.05) is 0 Å². The van der Waals surface area contributed by atoms with Crippen molar-refractivity contribution in [2.75, 3.05) is 13.2 Å².